The molecular formula is C30H32O3. The highest BCUT2D eigenvalue weighted by atomic mass is 16.5. The van der Waals surface area contributed by atoms with Gasteiger partial charge in [0.25, 0.3) is 0 Å². The SMILES string of the molecule is C#CCC(COCc1ccccc1)(COCc1ccccc1)CC(C=O)Cc1ccccc1. The van der Waals surface area contributed by atoms with E-state index in [1.807, 2.05) is 78.9 Å². The first-order valence-electron chi connectivity index (χ1n) is 11.4. The molecule has 0 saturated carbocycles. The number of hydrogen-bond donors (Lipinski definition) is 0. The molecule has 3 aromatic carbocycles. The van der Waals surface area contributed by atoms with Gasteiger partial charge in [-0.05, 0) is 29.5 Å². The minimum Gasteiger partial charge on any atom is -0.376 e. The number of ether oxygens (including phenoxy) is 2. The first-order valence-corrected chi connectivity index (χ1v) is 11.4. The molecule has 0 aliphatic carbocycles. The van der Waals surface area contributed by atoms with Gasteiger partial charge in [-0.25, -0.2) is 0 Å². The highest BCUT2D eigenvalue weighted by Gasteiger charge is 2.34. The molecule has 0 aromatic heterocycles. The molecule has 1 unspecified atom stereocenters. The van der Waals surface area contributed by atoms with E-state index in [9.17, 15) is 4.79 Å². The molecule has 3 heteroatoms. The molecule has 1 atom stereocenters. The molecule has 0 aliphatic rings. The van der Waals surface area contributed by atoms with E-state index in [-0.39, 0.29) is 5.92 Å². The molecule has 0 heterocycles. The summed E-state index contributed by atoms with van der Waals surface area (Å²) in [6.07, 6.45) is 8.62. The molecular weight excluding hydrogens is 408 g/mol. The van der Waals surface area contributed by atoms with E-state index in [0.29, 0.717) is 45.7 Å². The van der Waals surface area contributed by atoms with Crippen molar-refractivity contribution >= 4 is 6.29 Å². The van der Waals surface area contributed by atoms with Crippen LogP contribution in [0.5, 0.6) is 0 Å². The lowest BCUT2D eigenvalue weighted by atomic mass is 9.76. The highest BCUT2D eigenvalue weighted by Crippen LogP contribution is 2.33. The van der Waals surface area contributed by atoms with Crippen LogP contribution in [0.4, 0.5) is 0 Å². The molecule has 3 rings (SSSR count). The van der Waals surface area contributed by atoms with Crippen molar-refractivity contribution < 1.29 is 14.3 Å². The standard InChI is InChI=1S/C30H32O3/c1-2-18-30(24-32-22-27-14-8-4-9-15-27,25-33-23-28-16-10-5-11-17-28)20-29(21-31)19-26-12-6-3-7-13-26/h1,3-17,21,29H,18-20,22-25H2. The Morgan fingerprint density at radius 3 is 1.64 bits per heavy atom. The van der Waals surface area contributed by atoms with Crippen molar-refractivity contribution in [3.05, 3.63) is 108 Å². The van der Waals surface area contributed by atoms with E-state index in [4.69, 9.17) is 15.9 Å². The fraction of sp³-hybridized carbons (Fsp3) is 0.300. The third-order valence-electron chi connectivity index (χ3n) is 5.75. The average molecular weight is 441 g/mol. The van der Waals surface area contributed by atoms with Crippen LogP contribution < -0.4 is 0 Å². The fourth-order valence-corrected chi connectivity index (χ4v) is 4.11. The zero-order valence-electron chi connectivity index (χ0n) is 19.1. The molecule has 0 fully saturated rings. The Bertz CT molecular complexity index is 932. The predicted molar refractivity (Wildman–Crippen MR) is 132 cm³/mol. The van der Waals surface area contributed by atoms with Gasteiger partial charge in [0.2, 0.25) is 0 Å². The van der Waals surface area contributed by atoms with Crippen LogP contribution in [-0.2, 0) is 33.9 Å². The Labute approximate surface area is 197 Å². The van der Waals surface area contributed by atoms with Gasteiger partial charge in [-0.15, -0.1) is 12.3 Å². The summed E-state index contributed by atoms with van der Waals surface area (Å²) in [5.41, 5.74) is 2.90. The van der Waals surface area contributed by atoms with Crippen LogP contribution in [0, 0.1) is 23.7 Å². The number of benzene rings is 3. The van der Waals surface area contributed by atoms with Crippen molar-refractivity contribution in [2.75, 3.05) is 13.2 Å². The van der Waals surface area contributed by atoms with Gasteiger partial charge in [-0.3, -0.25) is 0 Å². The second-order valence-corrected chi connectivity index (χ2v) is 8.63. The van der Waals surface area contributed by atoms with Gasteiger partial charge in [0.05, 0.1) is 26.4 Å². The second-order valence-electron chi connectivity index (χ2n) is 8.63. The summed E-state index contributed by atoms with van der Waals surface area (Å²) in [5.74, 6) is 2.66. The number of terminal acetylenes is 1. The number of carbonyl (C=O) groups is 1. The molecule has 0 N–H and O–H groups in total. The van der Waals surface area contributed by atoms with E-state index in [1.54, 1.807) is 0 Å². The summed E-state index contributed by atoms with van der Waals surface area (Å²) in [6.45, 7) is 1.85. The number of carbonyl (C=O) groups excluding carboxylic acids is 1. The van der Waals surface area contributed by atoms with Gasteiger partial charge in [0, 0.05) is 17.8 Å². The van der Waals surface area contributed by atoms with Crippen LogP contribution >= 0.6 is 0 Å². The van der Waals surface area contributed by atoms with Crippen molar-refractivity contribution in [3.63, 3.8) is 0 Å². The summed E-state index contributed by atoms with van der Waals surface area (Å²) < 4.78 is 12.3. The topological polar surface area (TPSA) is 35.5 Å². The smallest absolute Gasteiger partial charge is 0.123 e. The third kappa shape index (κ3) is 8.35. The minimum absolute atomic E-state index is 0.165. The van der Waals surface area contributed by atoms with E-state index < -0.39 is 5.41 Å². The largest absolute Gasteiger partial charge is 0.376 e. The third-order valence-corrected chi connectivity index (χ3v) is 5.75. The number of hydrogen-bond acceptors (Lipinski definition) is 3. The van der Waals surface area contributed by atoms with Crippen LogP contribution in [-0.4, -0.2) is 19.5 Å². The molecule has 3 aromatic rings. The Kier molecular flexibility index (Phi) is 9.91. The average Bonchev–Trinajstić information content (AvgIpc) is 2.86. The van der Waals surface area contributed by atoms with Crippen molar-refractivity contribution in [2.45, 2.75) is 32.5 Å². The summed E-state index contributed by atoms with van der Waals surface area (Å²) in [5, 5.41) is 0. The maximum atomic E-state index is 12.0. The van der Waals surface area contributed by atoms with Crippen LogP contribution in [0.1, 0.15) is 29.5 Å². The van der Waals surface area contributed by atoms with Crippen LogP contribution in [0.2, 0.25) is 0 Å². The maximum Gasteiger partial charge on any atom is 0.123 e. The highest BCUT2D eigenvalue weighted by molar-refractivity contribution is 5.54. The van der Waals surface area contributed by atoms with E-state index >= 15 is 0 Å². The molecule has 0 bridgehead atoms. The summed E-state index contributed by atoms with van der Waals surface area (Å²) >= 11 is 0. The van der Waals surface area contributed by atoms with Crippen LogP contribution in [0.25, 0.3) is 0 Å². The van der Waals surface area contributed by atoms with E-state index in [1.165, 1.54) is 0 Å². The molecule has 0 aliphatic heterocycles. The van der Waals surface area contributed by atoms with Crippen LogP contribution in [0.15, 0.2) is 91.0 Å². The van der Waals surface area contributed by atoms with Gasteiger partial charge in [-0.2, -0.15) is 0 Å². The number of rotatable bonds is 14. The molecule has 0 saturated heterocycles. The van der Waals surface area contributed by atoms with Crippen molar-refractivity contribution in [3.8, 4) is 12.3 Å². The Morgan fingerprint density at radius 1 is 0.758 bits per heavy atom. The Balaban J connectivity index is 1.71. The zero-order chi connectivity index (χ0) is 23.2. The second kappa shape index (κ2) is 13.4. The van der Waals surface area contributed by atoms with Crippen molar-refractivity contribution in [1.82, 2.24) is 0 Å². The fourth-order valence-electron chi connectivity index (χ4n) is 4.11. The van der Waals surface area contributed by atoms with E-state index in [0.717, 1.165) is 23.0 Å². The number of aldehydes is 1. The lowest BCUT2D eigenvalue weighted by Gasteiger charge is -2.34. The normalized spacial score (nSPS) is 12.1. The first kappa shape index (κ1) is 24.5. The van der Waals surface area contributed by atoms with Gasteiger partial charge in [0.15, 0.2) is 0 Å². The lowest BCUT2D eigenvalue weighted by molar-refractivity contribution is -0.113. The zero-order valence-corrected chi connectivity index (χ0v) is 19.1. The van der Waals surface area contributed by atoms with Gasteiger partial charge in [0.1, 0.15) is 6.29 Å². The Hall–Kier alpha value is -3.19. The van der Waals surface area contributed by atoms with E-state index in [2.05, 4.69) is 18.1 Å². The van der Waals surface area contributed by atoms with Crippen molar-refractivity contribution in [2.24, 2.45) is 11.3 Å². The molecule has 0 amide bonds. The van der Waals surface area contributed by atoms with Gasteiger partial charge >= 0.3 is 0 Å². The maximum absolute atomic E-state index is 12.0. The molecule has 0 radical (unpaired) electrons. The van der Waals surface area contributed by atoms with Gasteiger partial charge < -0.3 is 14.3 Å². The molecule has 0 spiro atoms. The van der Waals surface area contributed by atoms with Crippen molar-refractivity contribution in [1.29, 1.82) is 0 Å². The monoisotopic (exact) mass is 440 g/mol. The first-order chi connectivity index (χ1) is 16.2. The van der Waals surface area contributed by atoms with Gasteiger partial charge in [-0.1, -0.05) is 91.0 Å². The summed E-state index contributed by atoms with van der Waals surface area (Å²) in [4.78, 5) is 12.0. The molecule has 170 valence electrons. The van der Waals surface area contributed by atoms with Crippen LogP contribution in [0.3, 0.4) is 0 Å². The Morgan fingerprint density at radius 2 is 1.21 bits per heavy atom. The molecule has 33 heavy (non-hydrogen) atoms. The minimum atomic E-state index is -0.446. The summed E-state index contributed by atoms with van der Waals surface area (Å²) in [7, 11) is 0. The summed E-state index contributed by atoms with van der Waals surface area (Å²) in [6, 6.07) is 30.2. The predicted octanol–water partition coefficient (Wildman–Crippen LogP) is 5.88. The molecule has 3 nitrogen and oxygen atoms in total. The quantitative estimate of drug-likeness (QED) is 0.232. The lowest BCUT2D eigenvalue weighted by Crippen LogP contribution is -2.35.